The summed E-state index contributed by atoms with van der Waals surface area (Å²) < 4.78 is 15.2. The Morgan fingerprint density at radius 3 is 2.79 bits per heavy atom. The lowest BCUT2D eigenvalue weighted by atomic mass is 10.1. The van der Waals surface area contributed by atoms with Gasteiger partial charge in [0.25, 0.3) is 0 Å². The highest BCUT2D eigenvalue weighted by Gasteiger charge is 2.09. The molecule has 0 aliphatic carbocycles. The van der Waals surface area contributed by atoms with Crippen molar-refractivity contribution >= 4 is 11.6 Å². The van der Waals surface area contributed by atoms with Crippen molar-refractivity contribution in [2.45, 2.75) is 26.4 Å². The van der Waals surface area contributed by atoms with Crippen molar-refractivity contribution in [3.05, 3.63) is 52.1 Å². The molecule has 0 bridgehead atoms. The number of nitrogens with zero attached hydrogens (tertiary/aromatic N) is 2. The van der Waals surface area contributed by atoms with Crippen molar-refractivity contribution in [1.82, 2.24) is 15.1 Å². The molecule has 1 N–H and O–H groups in total. The standard InChI is InChI=1S/C14H17ClFN3/c1-9(11-4-5-13(15)14(16)6-11)17-7-12-8-19(3)18-10(12)2/h4-6,8-9,17H,7H2,1-3H3. The number of nitrogens with one attached hydrogen (secondary N) is 1. The quantitative estimate of drug-likeness (QED) is 0.931. The molecule has 0 spiro atoms. The maximum Gasteiger partial charge on any atom is 0.142 e. The Labute approximate surface area is 117 Å². The lowest BCUT2D eigenvalue weighted by Gasteiger charge is -2.14. The van der Waals surface area contributed by atoms with Crippen LogP contribution >= 0.6 is 11.6 Å². The molecule has 19 heavy (non-hydrogen) atoms. The number of rotatable bonds is 4. The normalized spacial score (nSPS) is 12.7. The molecule has 102 valence electrons. The summed E-state index contributed by atoms with van der Waals surface area (Å²) in [5.74, 6) is -0.384. The first-order valence-corrected chi connectivity index (χ1v) is 6.52. The fourth-order valence-electron chi connectivity index (χ4n) is 1.98. The van der Waals surface area contributed by atoms with Crippen molar-refractivity contribution in [3.63, 3.8) is 0 Å². The molecule has 0 fully saturated rings. The van der Waals surface area contributed by atoms with Crippen molar-refractivity contribution in [2.24, 2.45) is 7.05 Å². The first-order chi connectivity index (χ1) is 8.97. The average molecular weight is 282 g/mol. The van der Waals surface area contributed by atoms with Gasteiger partial charge in [-0.25, -0.2) is 4.39 Å². The monoisotopic (exact) mass is 281 g/mol. The number of hydrogen-bond acceptors (Lipinski definition) is 2. The van der Waals surface area contributed by atoms with Crippen LogP contribution in [-0.2, 0) is 13.6 Å². The summed E-state index contributed by atoms with van der Waals surface area (Å²) in [6.07, 6.45) is 1.98. The van der Waals surface area contributed by atoms with Crippen LogP contribution in [0.5, 0.6) is 0 Å². The van der Waals surface area contributed by atoms with E-state index in [4.69, 9.17) is 11.6 Å². The van der Waals surface area contributed by atoms with Gasteiger partial charge in [0.05, 0.1) is 10.7 Å². The van der Waals surface area contributed by atoms with E-state index in [-0.39, 0.29) is 16.9 Å². The molecule has 0 aliphatic heterocycles. The van der Waals surface area contributed by atoms with E-state index in [1.165, 1.54) is 6.07 Å². The molecule has 2 aromatic rings. The van der Waals surface area contributed by atoms with Gasteiger partial charge in [-0.15, -0.1) is 0 Å². The second-order valence-electron chi connectivity index (χ2n) is 4.69. The van der Waals surface area contributed by atoms with Crippen LogP contribution in [0.1, 0.15) is 29.8 Å². The van der Waals surface area contributed by atoms with E-state index in [2.05, 4.69) is 10.4 Å². The van der Waals surface area contributed by atoms with Gasteiger partial charge < -0.3 is 5.32 Å². The molecule has 2 rings (SSSR count). The first kappa shape index (κ1) is 14.0. The van der Waals surface area contributed by atoms with Crippen molar-refractivity contribution < 1.29 is 4.39 Å². The Balaban J connectivity index is 2.03. The van der Waals surface area contributed by atoms with Gasteiger partial charge >= 0.3 is 0 Å². The van der Waals surface area contributed by atoms with E-state index >= 15 is 0 Å². The molecule has 1 aromatic carbocycles. The molecule has 0 aliphatic rings. The van der Waals surface area contributed by atoms with Crippen LogP contribution in [0.2, 0.25) is 5.02 Å². The van der Waals surface area contributed by atoms with Crippen LogP contribution in [0, 0.1) is 12.7 Å². The smallest absolute Gasteiger partial charge is 0.142 e. The van der Waals surface area contributed by atoms with E-state index < -0.39 is 0 Å². The van der Waals surface area contributed by atoms with Gasteiger partial charge in [-0.05, 0) is 31.5 Å². The molecule has 1 aromatic heterocycles. The van der Waals surface area contributed by atoms with Crippen LogP contribution < -0.4 is 5.32 Å². The predicted octanol–water partition coefficient (Wildman–Crippen LogP) is 3.37. The van der Waals surface area contributed by atoms with Crippen LogP contribution in [0.4, 0.5) is 4.39 Å². The zero-order chi connectivity index (χ0) is 14.0. The molecule has 3 nitrogen and oxygen atoms in total. The maximum absolute atomic E-state index is 13.4. The molecule has 0 saturated carbocycles. The highest BCUT2D eigenvalue weighted by Crippen LogP contribution is 2.20. The van der Waals surface area contributed by atoms with E-state index in [0.29, 0.717) is 6.54 Å². The van der Waals surface area contributed by atoms with Crippen molar-refractivity contribution in [3.8, 4) is 0 Å². The lowest BCUT2D eigenvalue weighted by molar-refractivity contribution is 0.564. The van der Waals surface area contributed by atoms with Crippen molar-refractivity contribution in [2.75, 3.05) is 0 Å². The summed E-state index contributed by atoms with van der Waals surface area (Å²) in [5.41, 5.74) is 3.02. The molecular weight excluding hydrogens is 265 g/mol. The van der Waals surface area contributed by atoms with E-state index in [0.717, 1.165) is 16.8 Å². The third kappa shape index (κ3) is 3.33. The van der Waals surface area contributed by atoms with E-state index in [1.807, 2.05) is 33.2 Å². The molecule has 1 atom stereocenters. The van der Waals surface area contributed by atoms with E-state index in [9.17, 15) is 4.39 Å². The zero-order valence-corrected chi connectivity index (χ0v) is 12.0. The molecule has 0 amide bonds. The Bertz CT molecular complexity index is 580. The number of hydrogen-bond donors (Lipinski definition) is 1. The van der Waals surface area contributed by atoms with Crippen LogP contribution in [0.15, 0.2) is 24.4 Å². The topological polar surface area (TPSA) is 29.9 Å². The Morgan fingerprint density at radius 2 is 2.21 bits per heavy atom. The minimum Gasteiger partial charge on any atom is -0.306 e. The minimum absolute atomic E-state index is 0.0476. The van der Waals surface area contributed by atoms with Crippen LogP contribution in [-0.4, -0.2) is 9.78 Å². The highest BCUT2D eigenvalue weighted by atomic mass is 35.5. The van der Waals surface area contributed by atoms with Gasteiger partial charge in [0.1, 0.15) is 5.82 Å². The summed E-state index contributed by atoms with van der Waals surface area (Å²) in [7, 11) is 1.90. The largest absolute Gasteiger partial charge is 0.306 e. The maximum atomic E-state index is 13.4. The molecular formula is C14H17ClFN3. The molecule has 1 heterocycles. The van der Waals surface area contributed by atoms with Gasteiger partial charge in [0.2, 0.25) is 0 Å². The number of halogens is 2. The van der Waals surface area contributed by atoms with Gasteiger partial charge in [0.15, 0.2) is 0 Å². The number of aromatic nitrogens is 2. The first-order valence-electron chi connectivity index (χ1n) is 6.15. The third-order valence-electron chi connectivity index (χ3n) is 3.16. The van der Waals surface area contributed by atoms with Crippen LogP contribution in [0.3, 0.4) is 0 Å². The second-order valence-corrected chi connectivity index (χ2v) is 5.10. The summed E-state index contributed by atoms with van der Waals surface area (Å²) >= 11 is 5.68. The van der Waals surface area contributed by atoms with Gasteiger partial charge in [-0.1, -0.05) is 17.7 Å². The zero-order valence-electron chi connectivity index (χ0n) is 11.2. The Kier molecular flexibility index (Phi) is 4.22. The Hall–Kier alpha value is -1.39. The molecule has 1 unspecified atom stereocenters. The summed E-state index contributed by atoms with van der Waals surface area (Å²) in [6.45, 7) is 4.67. The van der Waals surface area contributed by atoms with E-state index in [1.54, 1.807) is 10.7 Å². The second kappa shape index (κ2) is 5.72. The van der Waals surface area contributed by atoms with Crippen molar-refractivity contribution in [1.29, 1.82) is 0 Å². The summed E-state index contributed by atoms with van der Waals surface area (Å²) in [4.78, 5) is 0. The Morgan fingerprint density at radius 1 is 1.47 bits per heavy atom. The van der Waals surface area contributed by atoms with Gasteiger partial charge in [-0.3, -0.25) is 4.68 Å². The molecule has 0 radical (unpaired) electrons. The number of aryl methyl sites for hydroxylation is 2. The van der Waals surface area contributed by atoms with Crippen LogP contribution in [0.25, 0.3) is 0 Å². The highest BCUT2D eigenvalue weighted by molar-refractivity contribution is 6.30. The SMILES string of the molecule is Cc1nn(C)cc1CNC(C)c1ccc(Cl)c(F)c1. The number of benzene rings is 1. The lowest BCUT2D eigenvalue weighted by Crippen LogP contribution is -2.18. The predicted molar refractivity (Wildman–Crippen MR) is 74.6 cm³/mol. The summed E-state index contributed by atoms with van der Waals surface area (Å²) in [6, 6.07) is 4.93. The average Bonchev–Trinajstić information content (AvgIpc) is 2.68. The van der Waals surface area contributed by atoms with Gasteiger partial charge in [-0.2, -0.15) is 5.10 Å². The molecule has 0 saturated heterocycles. The minimum atomic E-state index is -0.384. The molecule has 5 heteroatoms. The fraction of sp³-hybridized carbons (Fsp3) is 0.357. The van der Waals surface area contributed by atoms with Gasteiger partial charge in [0, 0.05) is 31.4 Å². The summed E-state index contributed by atoms with van der Waals surface area (Å²) in [5, 5.41) is 7.79. The fourth-order valence-corrected chi connectivity index (χ4v) is 2.10. The third-order valence-corrected chi connectivity index (χ3v) is 3.46.